The Bertz CT molecular complexity index is 662. The number of carboxylic acids is 1. The molecule has 1 aromatic heterocycles. The fourth-order valence-electron chi connectivity index (χ4n) is 2.53. The lowest BCUT2D eigenvalue weighted by atomic mass is 10.2. The second-order valence-corrected chi connectivity index (χ2v) is 5.43. The predicted molar refractivity (Wildman–Crippen MR) is 83.1 cm³/mol. The van der Waals surface area contributed by atoms with Gasteiger partial charge in [-0.3, -0.25) is 9.69 Å². The molecule has 22 heavy (non-hydrogen) atoms. The first-order valence-electron chi connectivity index (χ1n) is 6.69. The lowest BCUT2D eigenvalue weighted by Crippen LogP contribution is -2.35. The molecular formula is C14H15Cl2N3O3. The highest BCUT2D eigenvalue weighted by atomic mass is 35.5. The van der Waals surface area contributed by atoms with Crippen molar-refractivity contribution in [3.05, 3.63) is 35.2 Å². The van der Waals surface area contributed by atoms with Gasteiger partial charge in [0.2, 0.25) is 11.7 Å². The third-order valence-corrected chi connectivity index (χ3v) is 3.77. The van der Waals surface area contributed by atoms with Gasteiger partial charge in [0.25, 0.3) is 0 Å². The molecule has 2 aromatic rings. The van der Waals surface area contributed by atoms with E-state index >= 15 is 0 Å². The average molecular weight is 344 g/mol. The molecule has 0 aliphatic carbocycles. The molecule has 2 heterocycles. The largest absolute Gasteiger partial charge is 0.480 e. The van der Waals surface area contributed by atoms with Gasteiger partial charge >= 0.3 is 5.97 Å². The molecule has 1 aliphatic heterocycles. The van der Waals surface area contributed by atoms with Gasteiger partial charge in [-0.15, -0.1) is 12.4 Å². The zero-order valence-corrected chi connectivity index (χ0v) is 13.2. The Labute approximate surface area is 138 Å². The van der Waals surface area contributed by atoms with Gasteiger partial charge in [0.05, 0.1) is 6.54 Å². The zero-order valence-electron chi connectivity index (χ0n) is 11.6. The van der Waals surface area contributed by atoms with E-state index < -0.39 is 12.0 Å². The average Bonchev–Trinajstić information content (AvgIpc) is 3.08. The second kappa shape index (κ2) is 7.09. The molecule has 1 aromatic carbocycles. The maximum Gasteiger partial charge on any atom is 0.320 e. The Morgan fingerprint density at radius 2 is 2.32 bits per heavy atom. The van der Waals surface area contributed by atoms with Gasteiger partial charge in [0.15, 0.2) is 0 Å². The van der Waals surface area contributed by atoms with Gasteiger partial charge in [-0.05, 0) is 31.5 Å². The fraction of sp³-hybridized carbons (Fsp3) is 0.357. The number of halogens is 2. The van der Waals surface area contributed by atoms with E-state index in [2.05, 4.69) is 10.1 Å². The van der Waals surface area contributed by atoms with E-state index in [1.807, 2.05) is 17.0 Å². The molecule has 0 spiro atoms. The Morgan fingerprint density at radius 3 is 3.05 bits per heavy atom. The third kappa shape index (κ3) is 3.58. The van der Waals surface area contributed by atoms with Crippen LogP contribution in [0.1, 0.15) is 18.7 Å². The summed E-state index contributed by atoms with van der Waals surface area (Å²) in [6.07, 6.45) is 1.52. The van der Waals surface area contributed by atoms with Crippen molar-refractivity contribution in [2.24, 2.45) is 0 Å². The normalized spacial score (nSPS) is 18.1. The van der Waals surface area contributed by atoms with Crippen molar-refractivity contribution in [1.29, 1.82) is 0 Å². The Hall–Kier alpha value is -1.63. The molecule has 1 atom stereocenters. The molecule has 0 amide bonds. The highest BCUT2D eigenvalue weighted by Crippen LogP contribution is 2.22. The maximum atomic E-state index is 11.1. The molecule has 0 radical (unpaired) electrons. The van der Waals surface area contributed by atoms with Crippen LogP contribution in [0.25, 0.3) is 11.4 Å². The Kier molecular flexibility index (Phi) is 5.39. The van der Waals surface area contributed by atoms with Gasteiger partial charge in [0, 0.05) is 10.6 Å². The Morgan fingerprint density at radius 1 is 1.50 bits per heavy atom. The molecule has 1 aliphatic rings. The number of aliphatic carboxylic acids is 1. The minimum absolute atomic E-state index is 0. The van der Waals surface area contributed by atoms with E-state index in [4.69, 9.17) is 21.2 Å². The molecule has 118 valence electrons. The number of hydrogen-bond donors (Lipinski definition) is 1. The monoisotopic (exact) mass is 343 g/mol. The van der Waals surface area contributed by atoms with Crippen molar-refractivity contribution in [3.8, 4) is 11.4 Å². The molecule has 1 unspecified atom stereocenters. The topological polar surface area (TPSA) is 79.5 Å². The highest BCUT2D eigenvalue weighted by Gasteiger charge is 2.31. The van der Waals surface area contributed by atoms with Gasteiger partial charge in [-0.1, -0.05) is 28.9 Å². The van der Waals surface area contributed by atoms with Gasteiger partial charge in [-0.25, -0.2) is 0 Å². The predicted octanol–water partition coefficient (Wildman–Crippen LogP) is 2.86. The van der Waals surface area contributed by atoms with Crippen LogP contribution in [0, 0.1) is 0 Å². The van der Waals surface area contributed by atoms with Crippen molar-refractivity contribution in [1.82, 2.24) is 15.0 Å². The van der Waals surface area contributed by atoms with E-state index in [0.717, 1.165) is 18.5 Å². The van der Waals surface area contributed by atoms with E-state index in [1.165, 1.54) is 0 Å². The lowest BCUT2D eigenvalue weighted by molar-refractivity contribution is -0.142. The number of nitrogens with zero attached hydrogens (tertiary/aromatic N) is 3. The molecule has 6 nitrogen and oxygen atoms in total. The van der Waals surface area contributed by atoms with Gasteiger partial charge in [0.1, 0.15) is 6.04 Å². The summed E-state index contributed by atoms with van der Waals surface area (Å²) in [5.41, 5.74) is 0.772. The van der Waals surface area contributed by atoms with Crippen LogP contribution in [-0.4, -0.2) is 38.7 Å². The van der Waals surface area contributed by atoms with E-state index in [9.17, 15) is 4.79 Å². The Balaban J connectivity index is 0.00000176. The number of rotatable bonds is 4. The molecule has 8 heteroatoms. The summed E-state index contributed by atoms with van der Waals surface area (Å²) in [5, 5.41) is 13.7. The van der Waals surface area contributed by atoms with Crippen LogP contribution in [0.4, 0.5) is 0 Å². The molecule has 3 rings (SSSR count). The summed E-state index contributed by atoms with van der Waals surface area (Å²) in [6.45, 7) is 1.08. The first-order valence-corrected chi connectivity index (χ1v) is 7.06. The molecule has 1 N–H and O–H groups in total. The molecule has 1 saturated heterocycles. The van der Waals surface area contributed by atoms with Crippen molar-refractivity contribution < 1.29 is 14.4 Å². The van der Waals surface area contributed by atoms with Crippen LogP contribution in [0.15, 0.2) is 28.8 Å². The van der Waals surface area contributed by atoms with E-state index in [1.54, 1.807) is 12.1 Å². The standard InChI is InChI=1S/C14H14ClN3O3.ClH/c15-10-4-1-3-9(7-10)13-16-12(21-17-13)8-18-6-2-5-11(18)14(19)20;/h1,3-4,7,11H,2,5-6,8H2,(H,19,20);1H. The van der Waals surface area contributed by atoms with Crippen LogP contribution in [0.3, 0.4) is 0 Å². The molecule has 0 bridgehead atoms. The van der Waals surface area contributed by atoms with Gasteiger partial charge in [-0.2, -0.15) is 4.98 Å². The minimum atomic E-state index is -0.804. The molecule has 1 fully saturated rings. The van der Waals surface area contributed by atoms with Crippen LogP contribution >= 0.6 is 24.0 Å². The van der Waals surface area contributed by atoms with Crippen LogP contribution in [0.2, 0.25) is 5.02 Å². The second-order valence-electron chi connectivity index (χ2n) is 4.99. The van der Waals surface area contributed by atoms with Crippen molar-refractivity contribution in [2.45, 2.75) is 25.4 Å². The number of likely N-dealkylation sites (tertiary alicyclic amines) is 1. The highest BCUT2D eigenvalue weighted by molar-refractivity contribution is 6.30. The quantitative estimate of drug-likeness (QED) is 0.919. The molecular weight excluding hydrogens is 329 g/mol. The van der Waals surface area contributed by atoms with Crippen molar-refractivity contribution >= 4 is 30.0 Å². The van der Waals surface area contributed by atoms with Gasteiger partial charge < -0.3 is 9.63 Å². The molecule has 0 saturated carbocycles. The van der Waals surface area contributed by atoms with E-state index in [-0.39, 0.29) is 12.4 Å². The van der Waals surface area contributed by atoms with Crippen LogP contribution in [-0.2, 0) is 11.3 Å². The van der Waals surface area contributed by atoms with Crippen LogP contribution < -0.4 is 0 Å². The lowest BCUT2D eigenvalue weighted by Gasteiger charge is -2.18. The summed E-state index contributed by atoms with van der Waals surface area (Å²) in [7, 11) is 0. The summed E-state index contributed by atoms with van der Waals surface area (Å²) >= 11 is 5.93. The summed E-state index contributed by atoms with van der Waals surface area (Å²) < 4.78 is 5.21. The summed E-state index contributed by atoms with van der Waals surface area (Å²) in [5.74, 6) is 0.0683. The maximum absolute atomic E-state index is 11.1. The fourth-order valence-corrected chi connectivity index (χ4v) is 2.72. The summed E-state index contributed by atoms with van der Waals surface area (Å²) in [6, 6.07) is 6.72. The minimum Gasteiger partial charge on any atom is -0.480 e. The number of benzene rings is 1. The zero-order chi connectivity index (χ0) is 14.8. The first-order chi connectivity index (χ1) is 10.1. The number of carbonyl (C=O) groups is 1. The summed E-state index contributed by atoms with van der Waals surface area (Å²) in [4.78, 5) is 17.3. The van der Waals surface area contributed by atoms with Crippen molar-refractivity contribution in [3.63, 3.8) is 0 Å². The number of carboxylic acid groups (broad SMARTS) is 1. The third-order valence-electron chi connectivity index (χ3n) is 3.54. The SMILES string of the molecule is Cl.O=C(O)C1CCCN1Cc1nc(-c2cccc(Cl)c2)no1. The van der Waals surface area contributed by atoms with E-state index in [0.29, 0.717) is 29.7 Å². The smallest absolute Gasteiger partial charge is 0.320 e. The number of hydrogen-bond acceptors (Lipinski definition) is 5. The van der Waals surface area contributed by atoms with Crippen molar-refractivity contribution in [2.75, 3.05) is 6.54 Å². The van der Waals surface area contributed by atoms with Crippen LogP contribution in [0.5, 0.6) is 0 Å². The number of aromatic nitrogens is 2. The first kappa shape index (κ1) is 16.7.